The second kappa shape index (κ2) is 6.31. The van der Waals surface area contributed by atoms with Crippen molar-refractivity contribution in [1.29, 1.82) is 0 Å². The van der Waals surface area contributed by atoms with Crippen molar-refractivity contribution in [2.75, 3.05) is 17.8 Å². The number of nitro benzene ring substituents is 1. The van der Waals surface area contributed by atoms with Gasteiger partial charge in [0.1, 0.15) is 0 Å². The van der Waals surface area contributed by atoms with E-state index in [-0.39, 0.29) is 12.3 Å². The molecule has 1 rings (SSSR count). The Morgan fingerprint density at radius 3 is 2.88 bits per heavy atom. The van der Waals surface area contributed by atoms with Crippen LogP contribution >= 0.6 is 11.8 Å². The Morgan fingerprint density at radius 1 is 1.56 bits per heavy atom. The van der Waals surface area contributed by atoms with Gasteiger partial charge in [0.25, 0.3) is 5.69 Å². The molecule has 0 heterocycles. The highest BCUT2D eigenvalue weighted by molar-refractivity contribution is 7.98. The van der Waals surface area contributed by atoms with Gasteiger partial charge in [-0.2, -0.15) is 11.8 Å². The first-order valence-corrected chi connectivity index (χ1v) is 5.77. The Labute approximate surface area is 97.0 Å². The summed E-state index contributed by atoms with van der Waals surface area (Å²) in [6.07, 6.45) is 0. The summed E-state index contributed by atoms with van der Waals surface area (Å²) in [7, 11) is 0. The van der Waals surface area contributed by atoms with Crippen molar-refractivity contribution in [2.45, 2.75) is 5.75 Å². The highest BCUT2D eigenvalue weighted by Crippen LogP contribution is 2.25. The van der Waals surface area contributed by atoms with Crippen LogP contribution < -0.4 is 11.3 Å². The van der Waals surface area contributed by atoms with E-state index in [1.165, 1.54) is 23.9 Å². The van der Waals surface area contributed by atoms with E-state index in [4.69, 9.17) is 10.9 Å². The predicted molar refractivity (Wildman–Crippen MR) is 64.2 cm³/mol. The largest absolute Gasteiger partial charge is 0.396 e. The monoisotopic (exact) mass is 243 g/mol. The Kier molecular flexibility index (Phi) is 5.03. The van der Waals surface area contributed by atoms with E-state index >= 15 is 0 Å². The summed E-state index contributed by atoms with van der Waals surface area (Å²) < 4.78 is 0. The number of nitrogens with two attached hydrogens (primary N) is 1. The van der Waals surface area contributed by atoms with E-state index in [2.05, 4.69) is 5.43 Å². The number of nitrogens with zero attached hydrogens (tertiary/aromatic N) is 1. The topological polar surface area (TPSA) is 101 Å². The second-order valence-electron chi connectivity index (χ2n) is 3.02. The van der Waals surface area contributed by atoms with Gasteiger partial charge in [0.15, 0.2) is 0 Å². The lowest BCUT2D eigenvalue weighted by Gasteiger charge is -2.07. The maximum atomic E-state index is 10.6. The maximum absolute atomic E-state index is 10.6. The number of benzene rings is 1. The van der Waals surface area contributed by atoms with Crippen molar-refractivity contribution in [3.8, 4) is 0 Å². The van der Waals surface area contributed by atoms with Crippen molar-refractivity contribution < 1.29 is 10.0 Å². The number of hydrogen-bond donors (Lipinski definition) is 3. The Balaban J connectivity index is 2.84. The number of nitro groups is 1. The van der Waals surface area contributed by atoms with Crippen molar-refractivity contribution in [3.63, 3.8) is 0 Å². The lowest BCUT2D eigenvalue weighted by Crippen LogP contribution is -2.09. The molecule has 0 bridgehead atoms. The van der Waals surface area contributed by atoms with Gasteiger partial charge < -0.3 is 10.5 Å². The molecule has 0 spiro atoms. The molecule has 6 nitrogen and oxygen atoms in total. The molecular formula is C9H13N3O3S. The van der Waals surface area contributed by atoms with Crippen molar-refractivity contribution in [1.82, 2.24) is 0 Å². The van der Waals surface area contributed by atoms with E-state index < -0.39 is 4.92 Å². The molecule has 0 unspecified atom stereocenters. The molecule has 0 fully saturated rings. The zero-order valence-corrected chi connectivity index (χ0v) is 9.37. The third-order valence-electron chi connectivity index (χ3n) is 1.95. The molecule has 0 aliphatic carbocycles. The van der Waals surface area contributed by atoms with Crippen LogP contribution in [-0.2, 0) is 5.75 Å². The summed E-state index contributed by atoms with van der Waals surface area (Å²) in [5, 5.41) is 19.2. The summed E-state index contributed by atoms with van der Waals surface area (Å²) in [4.78, 5) is 10.1. The number of aliphatic hydroxyl groups is 1. The van der Waals surface area contributed by atoms with E-state index in [1.54, 1.807) is 6.07 Å². The Hall–Kier alpha value is -1.31. The molecule has 1 aromatic rings. The summed E-state index contributed by atoms with van der Waals surface area (Å²) in [5.74, 6) is 6.46. The fourth-order valence-corrected chi connectivity index (χ4v) is 1.93. The number of thioether (sulfide) groups is 1. The van der Waals surface area contributed by atoms with Crippen LogP contribution in [0.4, 0.5) is 11.4 Å². The molecule has 0 amide bonds. The summed E-state index contributed by atoms with van der Waals surface area (Å²) in [6, 6.07) is 4.46. The van der Waals surface area contributed by atoms with Crippen LogP contribution in [0.1, 0.15) is 5.56 Å². The van der Waals surface area contributed by atoms with Gasteiger partial charge in [-0.1, -0.05) is 0 Å². The van der Waals surface area contributed by atoms with Gasteiger partial charge in [-0.15, -0.1) is 0 Å². The molecule has 0 aromatic heterocycles. The minimum Gasteiger partial charge on any atom is -0.396 e. The number of hydrogen-bond acceptors (Lipinski definition) is 6. The van der Waals surface area contributed by atoms with Gasteiger partial charge in [-0.25, -0.2) is 0 Å². The Morgan fingerprint density at radius 2 is 2.31 bits per heavy atom. The van der Waals surface area contributed by atoms with Crippen LogP contribution in [-0.4, -0.2) is 22.4 Å². The smallest absolute Gasteiger partial charge is 0.269 e. The molecule has 0 atom stereocenters. The average molecular weight is 243 g/mol. The van der Waals surface area contributed by atoms with E-state index in [1.807, 2.05) is 0 Å². The quantitative estimate of drug-likeness (QED) is 0.299. The zero-order valence-electron chi connectivity index (χ0n) is 8.55. The van der Waals surface area contributed by atoms with Gasteiger partial charge in [0.05, 0.1) is 17.2 Å². The number of rotatable bonds is 6. The van der Waals surface area contributed by atoms with Gasteiger partial charge >= 0.3 is 0 Å². The first-order chi connectivity index (χ1) is 7.69. The summed E-state index contributed by atoms with van der Waals surface area (Å²) in [5.41, 5.74) is 3.95. The molecular weight excluding hydrogens is 230 g/mol. The van der Waals surface area contributed by atoms with Crippen LogP contribution in [0, 0.1) is 10.1 Å². The van der Waals surface area contributed by atoms with Gasteiger partial charge in [-0.3, -0.25) is 16.0 Å². The molecule has 4 N–H and O–H groups in total. The third kappa shape index (κ3) is 3.37. The number of non-ortho nitro benzene ring substituents is 1. The minimum atomic E-state index is -0.444. The summed E-state index contributed by atoms with van der Waals surface area (Å²) >= 11 is 1.49. The van der Waals surface area contributed by atoms with Crippen LogP contribution in [0.2, 0.25) is 0 Å². The maximum Gasteiger partial charge on any atom is 0.269 e. The van der Waals surface area contributed by atoms with Crippen molar-refractivity contribution in [3.05, 3.63) is 33.9 Å². The van der Waals surface area contributed by atoms with Crippen molar-refractivity contribution >= 4 is 23.1 Å². The molecule has 0 aliphatic rings. The van der Waals surface area contributed by atoms with Crippen LogP contribution in [0.25, 0.3) is 0 Å². The Bertz CT molecular complexity index is 373. The number of hydrazine groups is 1. The average Bonchev–Trinajstić information content (AvgIpc) is 2.29. The second-order valence-corrected chi connectivity index (χ2v) is 4.12. The zero-order chi connectivity index (χ0) is 12.0. The summed E-state index contributed by atoms with van der Waals surface area (Å²) in [6.45, 7) is 0.0883. The number of aliphatic hydroxyl groups excluding tert-OH is 1. The predicted octanol–water partition coefficient (Wildman–Crippen LogP) is 1.11. The minimum absolute atomic E-state index is 0.0404. The lowest BCUT2D eigenvalue weighted by atomic mass is 10.2. The SMILES string of the molecule is NNc1ccc([N+](=O)[O-])cc1CSCCO. The first-order valence-electron chi connectivity index (χ1n) is 4.61. The standard InChI is InChI=1S/C9H13N3O3S/c10-11-9-2-1-8(12(14)15)5-7(9)6-16-4-3-13/h1-2,5,11,13H,3-4,6,10H2. The molecule has 0 radical (unpaired) electrons. The molecule has 1 aromatic carbocycles. The number of nitrogen functional groups attached to an aromatic ring is 1. The van der Waals surface area contributed by atoms with Crippen molar-refractivity contribution in [2.24, 2.45) is 5.84 Å². The molecule has 0 saturated carbocycles. The van der Waals surface area contributed by atoms with Gasteiger partial charge in [0, 0.05) is 23.6 Å². The molecule has 88 valence electrons. The molecule has 0 aliphatic heterocycles. The lowest BCUT2D eigenvalue weighted by molar-refractivity contribution is -0.384. The van der Waals surface area contributed by atoms with E-state index in [0.717, 1.165) is 5.56 Å². The van der Waals surface area contributed by atoms with Crippen LogP contribution in [0.15, 0.2) is 18.2 Å². The normalized spacial score (nSPS) is 10.1. The highest BCUT2D eigenvalue weighted by Gasteiger charge is 2.09. The molecule has 7 heteroatoms. The third-order valence-corrected chi connectivity index (χ3v) is 2.93. The molecule has 16 heavy (non-hydrogen) atoms. The van der Waals surface area contributed by atoms with Gasteiger partial charge in [-0.05, 0) is 11.6 Å². The number of nitrogens with one attached hydrogen (secondary N) is 1. The fourth-order valence-electron chi connectivity index (χ4n) is 1.20. The first kappa shape index (κ1) is 12.8. The van der Waals surface area contributed by atoms with Gasteiger partial charge in [0.2, 0.25) is 0 Å². The number of anilines is 1. The highest BCUT2D eigenvalue weighted by atomic mass is 32.2. The van der Waals surface area contributed by atoms with E-state index in [9.17, 15) is 10.1 Å². The van der Waals surface area contributed by atoms with Crippen LogP contribution in [0.3, 0.4) is 0 Å². The fraction of sp³-hybridized carbons (Fsp3) is 0.333. The molecule has 0 saturated heterocycles. The van der Waals surface area contributed by atoms with E-state index in [0.29, 0.717) is 17.2 Å². The van der Waals surface area contributed by atoms with Crippen LogP contribution in [0.5, 0.6) is 0 Å².